The molecule has 1 saturated heterocycles. The number of ether oxygens (including phenoxy) is 2. The van der Waals surface area contributed by atoms with E-state index in [1.165, 1.54) is 18.4 Å². The standard InChI is InChI=1S/C14H19BrO2/c1-16-13-6-2-4-11(8-13)9-14(15)12-5-3-7-17-10-12/h2,4,6,8,12,14H,3,5,7,9-10H2,1H3. The summed E-state index contributed by atoms with van der Waals surface area (Å²) in [6.07, 6.45) is 3.48. The molecule has 1 heterocycles. The molecule has 0 saturated carbocycles. The Morgan fingerprint density at radius 1 is 1.53 bits per heavy atom. The van der Waals surface area contributed by atoms with Gasteiger partial charge in [0.2, 0.25) is 0 Å². The smallest absolute Gasteiger partial charge is 0.119 e. The zero-order chi connectivity index (χ0) is 12.1. The Balaban J connectivity index is 1.94. The monoisotopic (exact) mass is 298 g/mol. The summed E-state index contributed by atoms with van der Waals surface area (Å²) < 4.78 is 10.8. The molecule has 1 aliphatic heterocycles. The highest BCUT2D eigenvalue weighted by Gasteiger charge is 2.22. The predicted molar refractivity (Wildman–Crippen MR) is 73.0 cm³/mol. The minimum absolute atomic E-state index is 0.495. The first kappa shape index (κ1) is 12.9. The molecule has 0 radical (unpaired) electrons. The molecule has 1 fully saturated rings. The minimum atomic E-state index is 0.495. The highest BCUT2D eigenvalue weighted by atomic mass is 79.9. The van der Waals surface area contributed by atoms with Crippen molar-refractivity contribution in [3.8, 4) is 5.75 Å². The SMILES string of the molecule is COc1cccc(CC(Br)C2CCCOC2)c1. The molecule has 17 heavy (non-hydrogen) atoms. The van der Waals surface area contributed by atoms with Crippen molar-refractivity contribution in [3.05, 3.63) is 29.8 Å². The third-order valence-electron chi connectivity index (χ3n) is 3.27. The second-order valence-corrected chi connectivity index (χ2v) is 5.73. The van der Waals surface area contributed by atoms with E-state index >= 15 is 0 Å². The summed E-state index contributed by atoms with van der Waals surface area (Å²) in [7, 11) is 1.71. The molecule has 2 rings (SSSR count). The third-order valence-corrected chi connectivity index (χ3v) is 4.34. The van der Waals surface area contributed by atoms with Crippen molar-refractivity contribution in [2.75, 3.05) is 20.3 Å². The van der Waals surface area contributed by atoms with Crippen molar-refractivity contribution in [1.29, 1.82) is 0 Å². The molecule has 0 aliphatic carbocycles. The van der Waals surface area contributed by atoms with Gasteiger partial charge < -0.3 is 9.47 Å². The number of hydrogen-bond acceptors (Lipinski definition) is 2. The number of alkyl halides is 1. The zero-order valence-corrected chi connectivity index (χ0v) is 11.8. The summed E-state index contributed by atoms with van der Waals surface area (Å²) in [5, 5.41) is 0. The molecule has 3 heteroatoms. The molecule has 0 N–H and O–H groups in total. The van der Waals surface area contributed by atoms with Crippen LogP contribution in [-0.2, 0) is 11.2 Å². The van der Waals surface area contributed by atoms with Crippen LogP contribution >= 0.6 is 15.9 Å². The first-order chi connectivity index (χ1) is 8.29. The van der Waals surface area contributed by atoms with E-state index in [-0.39, 0.29) is 0 Å². The van der Waals surface area contributed by atoms with Gasteiger partial charge in [-0.05, 0) is 42.9 Å². The Kier molecular flexibility index (Phi) is 4.86. The lowest BCUT2D eigenvalue weighted by atomic mass is 9.94. The summed E-state index contributed by atoms with van der Waals surface area (Å²) in [6, 6.07) is 8.29. The van der Waals surface area contributed by atoms with E-state index in [0.717, 1.165) is 25.4 Å². The van der Waals surface area contributed by atoms with Crippen molar-refractivity contribution in [2.24, 2.45) is 5.92 Å². The summed E-state index contributed by atoms with van der Waals surface area (Å²) in [4.78, 5) is 0.495. The summed E-state index contributed by atoms with van der Waals surface area (Å²) in [5.41, 5.74) is 1.32. The largest absolute Gasteiger partial charge is 0.497 e. The van der Waals surface area contributed by atoms with E-state index in [2.05, 4.69) is 28.1 Å². The molecule has 2 unspecified atom stereocenters. The van der Waals surface area contributed by atoms with Gasteiger partial charge in [0.25, 0.3) is 0 Å². The van der Waals surface area contributed by atoms with Gasteiger partial charge in [0.1, 0.15) is 5.75 Å². The van der Waals surface area contributed by atoms with Crippen LogP contribution in [0.2, 0.25) is 0 Å². The fraction of sp³-hybridized carbons (Fsp3) is 0.571. The first-order valence-electron chi connectivity index (χ1n) is 6.14. The van der Waals surface area contributed by atoms with Crippen LogP contribution in [0.4, 0.5) is 0 Å². The van der Waals surface area contributed by atoms with E-state index in [4.69, 9.17) is 9.47 Å². The fourth-order valence-electron chi connectivity index (χ4n) is 2.24. The van der Waals surface area contributed by atoms with Gasteiger partial charge >= 0.3 is 0 Å². The van der Waals surface area contributed by atoms with E-state index in [0.29, 0.717) is 10.7 Å². The van der Waals surface area contributed by atoms with E-state index < -0.39 is 0 Å². The molecule has 94 valence electrons. The van der Waals surface area contributed by atoms with Crippen molar-refractivity contribution < 1.29 is 9.47 Å². The van der Waals surface area contributed by atoms with E-state index in [9.17, 15) is 0 Å². The summed E-state index contributed by atoms with van der Waals surface area (Å²) in [5.74, 6) is 1.57. The Hall–Kier alpha value is -0.540. The summed E-state index contributed by atoms with van der Waals surface area (Å²) >= 11 is 3.80. The number of benzene rings is 1. The second-order valence-electron chi connectivity index (χ2n) is 4.55. The topological polar surface area (TPSA) is 18.5 Å². The van der Waals surface area contributed by atoms with E-state index in [1.807, 2.05) is 12.1 Å². The summed E-state index contributed by atoms with van der Waals surface area (Å²) in [6.45, 7) is 1.81. The lowest BCUT2D eigenvalue weighted by Crippen LogP contribution is -2.26. The predicted octanol–water partition coefficient (Wildman–Crippen LogP) is 3.43. The van der Waals surface area contributed by atoms with Crippen molar-refractivity contribution >= 4 is 15.9 Å². The molecule has 2 nitrogen and oxygen atoms in total. The van der Waals surface area contributed by atoms with Crippen molar-refractivity contribution in [2.45, 2.75) is 24.1 Å². The van der Waals surface area contributed by atoms with Gasteiger partial charge in [-0.15, -0.1) is 0 Å². The fourth-order valence-corrected chi connectivity index (χ4v) is 3.03. The van der Waals surface area contributed by atoms with Gasteiger partial charge in [-0.2, -0.15) is 0 Å². The Morgan fingerprint density at radius 2 is 2.41 bits per heavy atom. The maximum Gasteiger partial charge on any atom is 0.119 e. The Morgan fingerprint density at radius 3 is 3.12 bits per heavy atom. The van der Waals surface area contributed by atoms with Gasteiger partial charge in [-0.3, -0.25) is 0 Å². The zero-order valence-electron chi connectivity index (χ0n) is 10.2. The van der Waals surface area contributed by atoms with E-state index in [1.54, 1.807) is 7.11 Å². The molecule has 0 spiro atoms. The van der Waals surface area contributed by atoms with Crippen LogP contribution in [0.1, 0.15) is 18.4 Å². The number of hydrogen-bond donors (Lipinski definition) is 0. The molecule has 1 aromatic carbocycles. The van der Waals surface area contributed by atoms with Crippen LogP contribution in [-0.4, -0.2) is 25.2 Å². The quantitative estimate of drug-likeness (QED) is 0.793. The third kappa shape index (κ3) is 3.71. The van der Waals surface area contributed by atoms with Gasteiger partial charge in [0.15, 0.2) is 0 Å². The Labute approximate surface area is 111 Å². The van der Waals surface area contributed by atoms with Gasteiger partial charge in [0.05, 0.1) is 13.7 Å². The molecule has 0 bridgehead atoms. The van der Waals surface area contributed by atoms with Crippen LogP contribution in [0.15, 0.2) is 24.3 Å². The first-order valence-corrected chi connectivity index (χ1v) is 7.06. The second kappa shape index (κ2) is 6.41. The lowest BCUT2D eigenvalue weighted by molar-refractivity contribution is 0.0547. The molecular weight excluding hydrogens is 280 g/mol. The lowest BCUT2D eigenvalue weighted by Gasteiger charge is -2.26. The van der Waals surface area contributed by atoms with Crippen molar-refractivity contribution in [3.63, 3.8) is 0 Å². The number of halogens is 1. The average Bonchev–Trinajstić information content (AvgIpc) is 2.40. The van der Waals surface area contributed by atoms with Gasteiger partial charge in [-0.1, -0.05) is 28.1 Å². The molecule has 0 aromatic heterocycles. The average molecular weight is 299 g/mol. The minimum Gasteiger partial charge on any atom is -0.497 e. The highest BCUT2D eigenvalue weighted by Crippen LogP contribution is 2.26. The van der Waals surface area contributed by atoms with Crippen LogP contribution in [0.25, 0.3) is 0 Å². The van der Waals surface area contributed by atoms with Crippen LogP contribution in [0.5, 0.6) is 5.75 Å². The van der Waals surface area contributed by atoms with Crippen LogP contribution < -0.4 is 4.74 Å². The maximum absolute atomic E-state index is 5.53. The normalized spacial score (nSPS) is 22.1. The highest BCUT2D eigenvalue weighted by molar-refractivity contribution is 9.09. The number of rotatable bonds is 4. The Bertz CT molecular complexity index is 348. The molecule has 0 amide bonds. The molecule has 1 aromatic rings. The maximum atomic E-state index is 5.53. The van der Waals surface area contributed by atoms with Crippen LogP contribution in [0, 0.1) is 5.92 Å². The van der Waals surface area contributed by atoms with Crippen LogP contribution in [0.3, 0.4) is 0 Å². The number of methoxy groups -OCH3 is 1. The molecule has 1 aliphatic rings. The van der Waals surface area contributed by atoms with Gasteiger partial charge in [0, 0.05) is 11.4 Å². The van der Waals surface area contributed by atoms with Crippen molar-refractivity contribution in [1.82, 2.24) is 0 Å². The molecule has 2 atom stereocenters. The van der Waals surface area contributed by atoms with Gasteiger partial charge in [-0.25, -0.2) is 0 Å². The molecular formula is C14H19BrO2.